The van der Waals surface area contributed by atoms with Crippen molar-refractivity contribution in [2.24, 2.45) is 0 Å². The zero-order valence-corrected chi connectivity index (χ0v) is 12.2. The van der Waals surface area contributed by atoms with Gasteiger partial charge >= 0.3 is 6.01 Å². The van der Waals surface area contributed by atoms with E-state index in [0.717, 1.165) is 18.7 Å². The molecule has 0 bridgehead atoms. The normalized spacial score (nSPS) is 10.2. The van der Waals surface area contributed by atoms with Gasteiger partial charge in [-0.2, -0.15) is 25.1 Å². The van der Waals surface area contributed by atoms with Gasteiger partial charge in [-0.3, -0.25) is 0 Å². The second-order valence-electron chi connectivity index (χ2n) is 4.19. The van der Waals surface area contributed by atoms with Crippen molar-refractivity contribution >= 4 is 11.9 Å². The largest absolute Gasteiger partial charge is 0.464 e. The molecule has 0 radical (unpaired) electrons. The summed E-state index contributed by atoms with van der Waals surface area (Å²) in [4.78, 5) is 12.7. The van der Waals surface area contributed by atoms with Gasteiger partial charge in [0.05, 0.1) is 18.8 Å². The molecule has 21 heavy (non-hydrogen) atoms. The van der Waals surface area contributed by atoms with Crippen LogP contribution in [0.15, 0.2) is 18.3 Å². The van der Waals surface area contributed by atoms with Gasteiger partial charge in [0.2, 0.25) is 11.9 Å². The average molecular weight is 289 g/mol. The van der Waals surface area contributed by atoms with E-state index in [-0.39, 0.29) is 0 Å². The zero-order chi connectivity index (χ0) is 14.9. The Morgan fingerprint density at radius 1 is 1.10 bits per heavy atom. The van der Waals surface area contributed by atoms with Gasteiger partial charge in [0, 0.05) is 12.7 Å². The van der Waals surface area contributed by atoms with Crippen LogP contribution in [0.25, 0.3) is 0 Å². The third-order valence-corrected chi connectivity index (χ3v) is 2.48. The first-order chi connectivity index (χ1) is 10.3. The first-order valence-electron chi connectivity index (χ1n) is 6.95. The molecule has 2 aromatic heterocycles. The monoisotopic (exact) mass is 289 g/mol. The fraction of sp³-hybridized carbons (Fsp3) is 0.462. The molecule has 2 N–H and O–H groups in total. The van der Waals surface area contributed by atoms with Crippen molar-refractivity contribution in [3.8, 4) is 6.01 Å². The van der Waals surface area contributed by atoms with E-state index in [1.54, 1.807) is 6.20 Å². The van der Waals surface area contributed by atoms with Crippen molar-refractivity contribution < 1.29 is 4.74 Å². The maximum Gasteiger partial charge on any atom is 0.323 e. The molecule has 0 aliphatic heterocycles. The summed E-state index contributed by atoms with van der Waals surface area (Å²) in [7, 11) is 0. The number of anilines is 2. The molecular formula is C13H19N7O. The van der Waals surface area contributed by atoms with Crippen molar-refractivity contribution in [3.05, 3.63) is 24.0 Å². The minimum Gasteiger partial charge on any atom is -0.464 e. The molecule has 2 rings (SSSR count). The molecule has 8 heteroatoms. The molecular weight excluding hydrogens is 270 g/mol. The highest BCUT2D eigenvalue weighted by atomic mass is 16.5. The lowest BCUT2D eigenvalue weighted by Gasteiger charge is -2.09. The topological polar surface area (TPSA) is 97.7 Å². The standard InChI is InChI=1S/C13H19N7O/c1-3-7-14-11-17-12(19-13(18-11)21-4-2)15-9-10-6-5-8-16-20-10/h5-6,8H,3-4,7,9H2,1-2H3,(H2,14,15,17,18,19). The summed E-state index contributed by atoms with van der Waals surface area (Å²) in [5.74, 6) is 0.939. The van der Waals surface area contributed by atoms with Crippen molar-refractivity contribution in [1.29, 1.82) is 0 Å². The number of hydrogen-bond acceptors (Lipinski definition) is 8. The Morgan fingerprint density at radius 2 is 1.90 bits per heavy atom. The Balaban J connectivity index is 2.07. The summed E-state index contributed by atoms with van der Waals surface area (Å²) in [6.45, 7) is 5.73. The second kappa shape index (κ2) is 7.93. The molecule has 0 amide bonds. The van der Waals surface area contributed by atoms with Crippen LogP contribution in [0.4, 0.5) is 11.9 Å². The SMILES string of the molecule is CCCNc1nc(NCc2cccnn2)nc(OCC)n1. The van der Waals surface area contributed by atoms with E-state index in [1.165, 1.54) is 0 Å². The van der Waals surface area contributed by atoms with Crippen LogP contribution in [0.3, 0.4) is 0 Å². The summed E-state index contributed by atoms with van der Waals surface area (Å²) in [6, 6.07) is 4.01. The predicted octanol–water partition coefficient (Wildman–Crippen LogP) is 1.49. The van der Waals surface area contributed by atoms with Gasteiger partial charge in [0.1, 0.15) is 0 Å². The Labute approximate surface area is 123 Å². The maximum atomic E-state index is 5.35. The molecule has 0 unspecified atom stereocenters. The molecule has 0 atom stereocenters. The van der Waals surface area contributed by atoms with Crippen LogP contribution >= 0.6 is 0 Å². The number of aromatic nitrogens is 5. The highest BCUT2D eigenvalue weighted by Gasteiger charge is 2.07. The highest BCUT2D eigenvalue weighted by molar-refractivity contribution is 5.36. The quantitative estimate of drug-likeness (QED) is 0.754. The molecule has 8 nitrogen and oxygen atoms in total. The summed E-state index contributed by atoms with van der Waals surface area (Å²) >= 11 is 0. The molecule has 0 aromatic carbocycles. The van der Waals surface area contributed by atoms with Crippen LogP contribution in [0.2, 0.25) is 0 Å². The van der Waals surface area contributed by atoms with E-state index in [0.29, 0.717) is 31.1 Å². The lowest BCUT2D eigenvalue weighted by molar-refractivity contribution is 0.312. The molecule has 0 saturated carbocycles. The van der Waals surface area contributed by atoms with Crippen LogP contribution in [-0.2, 0) is 6.54 Å². The average Bonchev–Trinajstić information content (AvgIpc) is 2.52. The van der Waals surface area contributed by atoms with Gasteiger partial charge in [-0.25, -0.2) is 0 Å². The van der Waals surface area contributed by atoms with Gasteiger partial charge in [-0.15, -0.1) is 0 Å². The number of nitrogens with zero attached hydrogens (tertiary/aromatic N) is 5. The fourth-order valence-corrected chi connectivity index (χ4v) is 1.54. The third kappa shape index (κ3) is 4.83. The van der Waals surface area contributed by atoms with Crippen molar-refractivity contribution in [3.63, 3.8) is 0 Å². The zero-order valence-electron chi connectivity index (χ0n) is 12.2. The molecule has 0 fully saturated rings. The van der Waals surface area contributed by atoms with Gasteiger partial charge in [0.25, 0.3) is 0 Å². The highest BCUT2D eigenvalue weighted by Crippen LogP contribution is 2.12. The molecule has 2 heterocycles. The summed E-state index contributed by atoms with van der Waals surface area (Å²) in [6.07, 6.45) is 2.62. The number of hydrogen-bond donors (Lipinski definition) is 2. The van der Waals surface area contributed by atoms with Crippen molar-refractivity contribution in [2.45, 2.75) is 26.8 Å². The Hall–Kier alpha value is -2.51. The van der Waals surface area contributed by atoms with E-state index in [9.17, 15) is 0 Å². The molecule has 112 valence electrons. The summed E-state index contributed by atoms with van der Waals surface area (Å²) in [5, 5.41) is 14.0. The number of rotatable bonds is 8. The van der Waals surface area contributed by atoms with Gasteiger partial charge < -0.3 is 15.4 Å². The first kappa shape index (κ1) is 14.9. The Kier molecular flexibility index (Phi) is 5.62. The number of ether oxygens (including phenoxy) is 1. The first-order valence-corrected chi connectivity index (χ1v) is 6.95. The van der Waals surface area contributed by atoms with Crippen LogP contribution in [0, 0.1) is 0 Å². The van der Waals surface area contributed by atoms with Crippen LogP contribution in [-0.4, -0.2) is 38.3 Å². The van der Waals surface area contributed by atoms with Crippen LogP contribution in [0.5, 0.6) is 6.01 Å². The van der Waals surface area contributed by atoms with E-state index < -0.39 is 0 Å². The smallest absolute Gasteiger partial charge is 0.323 e. The van der Waals surface area contributed by atoms with Crippen molar-refractivity contribution in [1.82, 2.24) is 25.1 Å². The summed E-state index contributed by atoms with van der Waals surface area (Å²) < 4.78 is 5.35. The maximum absolute atomic E-state index is 5.35. The fourth-order valence-electron chi connectivity index (χ4n) is 1.54. The predicted molar refractivity (Wildman–Crippen MR) is 79.1 cm³/mol. The Bertz CT molecular complexity index is 549. The molecule has 0 saturated heterocycles. The molecule has 2 aromatic rings. The number of nitrogens with one attached hydrogen (secondary N) is 2. The minimum absolute atomic E-state index is 0.299. The molecule has 0 spiro atoms. The van der Waals surface area contributed by atoms with Crippen molar-refractivity contribution in [2.75, 3.05) is 23.8 Å². The lowest BCUT2D eigenvalue weighted by Crippen LogP contribution is -2.12. The Morgan fingerprint density at radius 3 is 2.57 bits per heavy atom. The third-order valence-electron chi connectivity index (χ3n) is 2.48. The van der Waals surface area contributed by atoms with Gasteiger partial charge in [-0.05, 0) is 25.5 Å². The van der Waals surface area contributed by atoms with E-state index >= 15 is 0 Å². The van der Waals surface area contributed by atoms with Crippen LogP contribution in [0.1, 0.15) is 26.0 Å². The van der Waals surface area contributed by atoms with Crippen LogP contribution < -0.4 is 15.4 Å². The van der Waals surface area contributed by atoms with E-state index in [1.807, 2.05) is 19.1 Å². The second-order valence-corrected chi connectivity index (χ2v) is 4.19. The lowest BCUT2D eigenvalue weighted by atomic mass is 10.4. The summed E-state index contributed by atoms with van der Waals surface area (Å²) in [5.41, 5.74) is 0.805. The molecule has 0 aliphatic rings. The van der Waals surface area contributed by atoms with Gasteiger partial charge in [-0.1, -0.05) is 6.92 Å². The molecule has 0 aliphatic carbocycles. The minimum atomic E-state index is 0.299. The van der Waals surface area contributed by atoms with Gasteiger partial charge in [0.15, 0.2) is 0 Å². The van der Waals surface area contributed by atoms with E-state index in [4.69, 9.17) is 4.74 Å². The van der Waals surface area contributed by atoms with E-state index in [2.05, 4.69) is 42.7 Å².